The Balaban J connectivity index is 0.993. The second-order valence-electron chi connectivity index (χ2n) is 21.5. The fourth-order valence-corrected chi connectivity index (χ4v) is 13.5. The molecule has 10 rings (SSSR count). The van der Waals surface area contributed by atoms with E-state index in [1.165, 1.54) is 0 Å². The summed E-state index contributed by atoms with van der Waals surface area (Å²) < 4.78 is 2.23. The summed E-state index contributed by atoms with van der Waals surface area (Å²) in [4.78, 5) is 76.9. The fourth-order valence-electron chi connectivity index (χ4n) is 12.8. The molecule has 0 fully saturated rings. The van der Waals surface area contributed by atoms with Crippen molar-refractivity contribution in [2.75, 3.05) is 0 Å². The minimum Gasteiger partial charge on any atom is -0.361 e. The number of benzene rings is 4. The summed E-state index contributed by atoms with van der Waals surface area (Å²) in [5.41, 5.74) is 21.3. The lowest BCUT2D eigenvalue weighted by molar-refractivity contribution is 0.0974. The summed E-state index contributed by atoms with van der Waals surface area (Å²) in [7, 11) is 0. The SMILES string of the molecule is CC(=O)c1c(C)[nH]c(C(c2ccccc2)c2ccc(C(c3ccccc3)c3[nH]c(C)c(C(=O)CCc4[nH]c(C(c5ccc(I)cc5)c5ccc(C(c6ccc(I)cc6)c6[nH]c(C)c(C(C)=O)c6C)[nH]5)c(C)c4C(C)=O)c3C)[nH]2)c1C. The Kier molecular flexibility index (Phi) is 16.1. The van der Waals surface area contributed by atoms with Crippen molar-refractivity contribution in [1.29, 1.82) is 0 Å². The van der Waals surface area contributed by atoms with Gasteiger partial charge in [-0.05, 0) is 214 Å². The first-order valence-corrected chi connectivity index (χ1v) is 29.3. The number of nitrogens with one attached hydrogen (secondary N) is 6. The Labute approximate surface area is 495 Å². The highest BCUT2D eigenvalue weighted by molar-refractivity contribution is 14.1. The van der Waals surface area contributed by atoms with Crippen LogP contribution >= 0.6 is 45.2 Å². The van der Waals surface area contributed by atoms with Gasteiger partial charge in [0.25, 0.3) is 0 Å². The summed E-state index contributed by atoms with van der Waals surface area (Å²) in [5.74, 6) is -1.06. The maximum Gasteiger partial charge on any atom is 0.165 e. The van der Waals surface area contributed by atoms with E-state index < -0.39 is 0 Å². The van der Waals surface area contributed by atoms with Gasteiger partial charge >= 0.3 is 0 Å². The van der Waals surface area contributed by atoms with Crippen LogP contribution in [0.4, 0.5) is 0 Å². The van der Waals surface area contributed by atoms with Crippen molar-refractivity contribution < 1.29 is 19.2 Å². The topological polar surface area (TPSA) is 163 Å². The Morgan fingerprint density at radius 2 is 0.662 bits per heavy atom. The van der Waals surface area contributed by atoms with Crippen LogP contribution in [-0.2, 0) is 6.42 Å². The number of rotatable bonds is 19. The van der Waals surface area contributed by atoms with Crippen LogP contribution in [0.2, 0.25) is 0 Å². The minimum atomic E-state index is -0.322. The van der Waals surface area contributed by atoms with E-state index in [9.17, 15) is 19.2 Å². The van der Waals surface area contributed by atoms with Gasteiger partial charge in [-0.3, -0.25) is 19.2 Å². The molecule has 4 unspecified atom stereocenters. The predicted molar refractivity (Wildman–Crippen MR) is 336 cm³/mol. The zero-order valence-electron chi connectivity index (χ0n) is 46.8. The summed E-state index contributed by atoms with van der Waals surface area (Å²) in [6.45, 7) is 18.8. The number of hydrogen-bond acceptors (Lipinski definition) is 4. The quantitative estimate of drug-likeness (QED) is 0.0351. The molecule has 10 aromatic rings. The Morgan fingerprint density at radius 1 is 0.362 bits per heavy atom. The Bertz CT molecular complexity index is 3960. The highest BCUT2D eigenvalue weighted by Gasteiger charge is 2.33. The van der Waals surface area contributed by atoms with Gasteiger partial charge in [0.15, 0.2) is 23.1 Å². The van der Waals surface area contributed by atoms with Crippen molar-refractivity contribution in [3.63, 3.8) is 0 Å². The molecule has 0 aliphatic heterocycles. The second-order valence-corrected chi connectivity index (χ2v) is 24.0. The van der Waals surface area contributed by atoms with Crippen LogP contribution in [0.5, 0.6) is 0 Å². The molecule has 0 amide bonds. The number of aromatic nitrogens is 6. The van der Waals surface area contributed by atoms with Crippen LogP contribution in [0.15, 0.2) is 133 Å². The molecule has 4 atom stereocenters. The number of H-pyrrole nitrogens is 6. The lowest BCUT2D eigenvalue weighted by Crippen LogP contribution is -2.10. The monoisotopic (exact) mass is 1280 g/mol. The number of Topliss-reactive ketones (excluding diaryl/α,β-unsaturated/α-hetero) is 4. The number of hydrogen-bond donors (Lipinski definition) is 6. The highest BCUT2D eigenvalue weighted by Crippen LogP contribution is 2.42. The largest absolute Gasteiger partial charge is 0.361 e. The van der Waals surface area contributed by atoms with Gasteiger partial charge in [0.05, 0.1) is 23.7 Å². The van der Waals surface area contributed by atoms with Crippen molar-refractivity contribution in [3.05, 3.63) is 276 Å². The summed E-state index contributed by atoms with van der Waals surface area (Å²) >= 11 is 4.66. The zero-order chi connectivity index (χ0) is 56.8. The first-order chi connectivity index (χ1) is 38.3. The molecule has 6 N–H and O–H groups in total. The molecule has 0 saturated carbocycles. The van der Waals surface area contributed by atoms with Gasteiger partial charge in [-0.1, -0.05) is 84.9 Å². The smallest absolute Gasteiger partial charge is 0.165 e. The molecular formula is C68H66I2N6O4. The number of carbonyl (C=O) groups excluding carboxylic acids is 4. The molecule has 0 bridgehead atoms. The molecule has 0 aliphatic carbocycles. The van der Waals surface area contributed by atoms with Crippen LogP contribution in [-0.4, -0.2) is 53.0 Å². The molecule has 406 valence electrons. The minimum absolute atomic E-state index is 0.0135. The first-order valence-electron chi connectivity index (χ1n) is 27.2. The summed E-state index contributed by atoms with van der Waals surface area (Å²) in [6, 6.07) is 46.2. The molecule has 6 heterocycles. The standard InChI is InChI=1S/C68H66I2N6O4/c1-35-57(42(8)77)39(5)71-65(35)61(45-17-13-11-14-18-45)52-29-30-53(74-52)62(46-19-15-12-16-20-46)67-37(3)59(41(7)73-67)56(80)34-33-51-60(44(10)79)38(4)68(76-51)64(48-23-27-50(70)28-24-48)55-32-31-54(75-55)63(47-21-25-49(69)26-22-47)66-36(2)58(43(9)78)40(6)72-66/h11-32,61-64,71-76H,33-34H2,1-10H3. The predicted octanol–water partition coefficient (Wildman–Crippen LogP) is 16.2. The lowest BCUT2D eigenvalue weighted by atomic mass is 9.89. The van der Waals surface area contributed by atoms with Gasteiger partial charge in [0.2, 0.25) is 0 Å². The van der Waals surface area contributed by atoms with Gasteiger partial charge < -0.3 is 29.9 Å². The second kappa shape index (κ2) is 23.0. The molecule has 80 heavy (non-hydrogen) atoms. The average molecular weight is 1290 g/mol. The van der Waals surface area contributed by atoms with E-state index >= 15 is 0 Å². The van der Waals surface area contributed by atoms with Crippen LogP contribution < -0.4 is 0 Å². The first kappa shape index (κ1) is 56.0. The van der Waals surface area contributed by atoms with E-state index in [0.29, 0.717) is 23.1 Å². The lowest BCUT2D eigenvalue weighted by Gasteiger charge is -2.20. The van der Waals surface area contributed by atoms with Crippen molar-refractivity contribution in [2.45, 2.75) is 106 Å². The molecule has 0 saturated heterocycles. The fraction of sp³-hybridized carbons (Fsp3) is 0.235. The molecule has 0 aliphatic rings. The average Bonchev–Trinajstić information content (AvgIpc) is 4.32. The maximum atomic E-state index is 14.9. The van der Waals surface area contributed by atoms with E-state index in [1.807, 2.05) is 84.9 Å². The van der Waals surface area contributed by atoms with Crippen molar-refractivity contribution in [1.82, 2.24) is 29.9 Å². The third-order valence-electron chi connectivity index (χ3n) is 16.3. The third-order valence-corrected chi connectivity index (χ3v) is 17.7. The Morgan fingerprint density at radius 3 is 1.00 bits per heavy atom. The van der Waals surface area contributed by atoms with Crippen LogP contribution in [0.3, 0.4) is 0 Å². The number of ketones is 4. The number of carbonyl (C=O) groups is 4. The third kappa shape index (κ3) is 10.6. The summed E-state index contributed by atoms with van der Waals surface area (Å²) in [6.07, 6.45) is 0.501. The zero-order valence-corrected chi connectivity index (χ0v) is 51.1. The van der Waals surface area contributed by atoms with E-state index in [-0.39, 0.29) is 53.2 Å². The van der Waals surface area contributed by atoms with Crippen LogP contribution in [0, 0.1) is 55.6 Å². The summed E-state index contributed by atoms with van der Waals surface area (Å²) in [5, 5.41) is 0. The van der Waals surface area contributed by atoms with E-state index in [0.717, 1.165) is 126 Å². The van der Waals surface area contributed by atoms with Crippen molar-refractivity contribution in [3.8, 4) is 0 Å². The molecule has 0 radical (unpaired) electrons. The van der Waals surface area contributed by atoms with Crippen LogP contribution in [0.1, 0.15) is 205 Å². The molecular weight excluding hydrogens is 1220 g/mol. The van der Waals surface area contributed by atoms with Gasteiger partial charge in [-0.2, -0.15) is 0 Å². The van der Waals surface area contributed by atoms with Crippen molar-refractivity contribution in [2.24, 2.45) is 0 Å². The van der Waals surface area contributed by atoms with E-state index in [4.69, 9.17) is 0 Å². The van der Waals surface area contributed by atoms with Crippen LogP contribution in [0.25, 0.3) is 0 Å². The molecule has 12 heteroatoms. The van der Waals surface area contributed by atoms with Gasteiger partial charge in [-0.25, -0.2) is 0 Å². The van der Waals surface area contributed by atoms with Gasteiger partial charge in [0, 0.05) is 104 Å². The van der Waals surface area contributed by atoms with Gasteiger partial charge in [-0.15, -0.1) is 0 Å². The van der Waals surface area contributed by atoms with E-state index in [2.05, 4.69) is 172 Å². The number of aryl methyl sites for hydroxylation is 4. The molecule has 4 aromatic carbocycles. The molecule has 0 spiro atoms. The highest BCUT2D eigenvalue weighted by atomic mass is 127. The van der Waals surface area contributed by atoms with E-state index in [1.54, 1.807) is 20.8 Å². The normalized spacial score (nSPS) is 13.1. The van der Waals surface area contributed by atoms with Gasteiger partial charge in [0.1, 0.15) is 0 Å². The number of aromatic amines is 6. The Hall–Kier alpha value is -7.30. The maximum absolute atomic E-state index is 14.9. The molecule has 6 aromatic heterocycles. The number of halogens is 2. The van der Waals surface area contributed by atoms with Crippen molar-refractivity contribution >= 4 is 68.3 Å². The molecule has 10 nitrogen and oxygen atoms in total.